The van der Waals surface area contributed by atoms with Crippen LogP contribution in [0, 0.1) is 11.8 Å². The van der Waals surface area contributed by atoms with Gasteiger partial charge in [-0.15, -0.1) is 0 Å². The zero-order chi connectivity index (χ0) is 15.8. The highest BCUT2D eigenvalue weighted by atomic mass is 16.4. The highest BCUT2D eigenvalue weighted by Gasteiger charge is 2.34. The maximum absolute atomic E-state index is 12.1. The number of hydrogen-bond acceptors (Lipinski definition) is 2. The van der Waals surface area contributed by atoms with E-state index in [9.17, 15) is 9.59 Å². The molecule has 0 saturated heterocycles. The average molecular weight is 215 g/mol. The highest BCUT2D eigenvalue weighted by molar-refractivity contribution is 5.84. The minimum Gasteiger partial charge on any atom is -0.481 e. The largest absolute Gasteiger partial charge is 0.481 e. The summed E-state index contributed by atoms with van der Waals surface area (Å²) in [6.45, 7) is 1.84. The molecule has 0 heterocycles. The third-order valence-electron chi connectivity index (χ3n) is 2.22. The highest BCUT2D eigenvalue weighted by Crippen LogP contribution is 2.33. The Balaban J connectivity index is 3.23. The zero-order valence-electron chi connectivity index (χ0n) is 13.6. The molecule has 0 aromatic rings. The number of rotatable bonds is 5. The summed E-state index contributed by atoms with van der Waals surface area (Å²) in [7, 11) is 0. The molecule has 1 fully saturated rings. The van der Waals surface area contributed by atoms with Crippen LogP contribution in [-0.2, 0) is 9.59 Å². The smallest absolute Gasteiger partial charge is 0.303 e. The summed E-state index contributed by atoms with van der Waals surface area (Å²) in [6, 6.07) is 0. The Morgan fingerprint density at radius 3 is 3.13 bits per heavy atom. The molecule has 0 amide bonds. The molecule has 3 nitrogen and oxygen atoms in total. The summed E-state index contributed by atoms with van der Waals surface area (Å²) < 4.78 is 38.5. The first-order chi connectivity index (χ1) is 9.00. The summed E-state index contributed by atoms with van der Waals surface area (Å²) in [6.07, 6.45) is -2.10. The van der Waals surface area contributed by atoms with E-state index >= 15 is 0 Å². The normalized spacial score (nSPS) is 40.5. The molecule has 0 aliphatic heterocycles. The number of aliphatic carboxylic acids is 1. The van der Waals surface area contributed by atoms with Crippen molar-refractivity contribution in [1.82, 2.24) is 0 Å². The lowest BCUT2D eigenvalue weighted by atomic mass is 9.89. The zero-order valence-corrected chi connectivity index (χ0v) is 8.62. The molecule has 84 valence electrons. The van der Waals surface area contributed by atoms with Crippen molar-refractivity contribution < 1.29 is 21.5 Å². The molecule has 3 heteroatoms. The lowest BCUT2D eigenvalue weighted by molar-refractivity contribution is -0.138. The van der Waals surface area contributed by atoms with Crippen LogP contribution in [0.1, 0.15) is 45.8 Å². The monoisotopic (exact) mass is 215 g/mol. The molecule has 1 unspecified atom stereocenters. The van der Waals surface area contributed by atoms with Gasteiger partial charge in [-0.05, 0) is 25.2 Å². The van der Waals surface area contributed by atoms with Crippen LogP contribution in [0.2, 0.25) is 0 Å². The van der Waals surface area contributed by atoms with Gasteiger partial charge in [0.15, 0.2) is 0 Å². The Morgan fingerprint density at radius 1 is 1.80 bits per heavy atom. The van der Waals surface area contributed by atoms with Crippen LogP contribution >= 0.6 is 0 Å². The molecule has 1 aliphatic rings. The van der Waals surface area contributed by atoms with E-state index in [1.807, 2.05) is 6.92 Å². The van der Waals surface area contributed by atoms with E-state index in [1.54, 1.807) is 6.08 Å². The van der Waals surface area contributed by atoms with Crippen LogP contribution in [0.5, 0.6) is 0 Å². The van der Waals surface area contributed by atoms with E-state index in [0.717, 1.165) is 0 Å². The van der Waals surface area contributed by atoms with E-state index < -0.39 is 42.7 Å². The Morgan fingerprint density at radius 2 is 2.53 bits per heavy atom. The molecule has 0 aromatic heterocycles. The molecule has 0 aromatic carbocycles. The van der Waals surface area contributed by atoms with Crippen molar-refractivity contribution in [3.05, 3.63) is 12.2 Å². The maximum Gasteiger partial charge on any atom is 0.303 e. The molecule has 1 rings (SSSR count). The summed E-state index contributed by atoms with van der Waals surface area (Å²) in [5.74, 6) is -6.42. The standard InChI is InChI=1S/C12H18O3/c1-2-3-4-5-10-9(8-12(14)15)6-7-11(10)13/h3-4,9-10H,2,5-8H2,1H3,(H,14,15)/b4-3-/t9?,10-/m1/s1/i7D2,8D2,10D. The summed E-state index contributed by atoms with van der Waals surface area (Å²) in [5, 5.41) is 8.95. The average Bonchev–Trinajstić information content (AvgIpc) is 2.51. The summed E-state index contributed by atoms with van der Waals surface area (Å²) in [5.41, 5.74) is 0. The quantitative estimate of drug-likeness (QED) is 0.716. The van der Waals surface area contributed by atoms with Gasteiger partial charge in [0.25, 0.3) is 0 Å². The topological polar surface area (TPSA) is 54.4 Å². The van der Waals surface area contributed by atoms with Crippen LogP contribution in [0.25, 0.3) is 0 Å². The number of Topliss-reactive ketones (excluding diaryl/α,β-unsaturated/α-hetero) is 1. The number of ketones is 1. The molecule has 1 N–H and O–H groups in total. The van der Waals surface area contributed by atoms with Gasteiger partial charge >= 0.3 is 5.97 Å². The fourth-order valence-electron chi connectivity index (χ4n) is 1.49. The molecule has 0 radical (unpaired) electrons. The van der Waals surface area contributed by atoms with Crippen molar-refractivity contribution in [3.63, 3.8) is 0 Å². The minimum absolute atomic E-state index is 0.184. The van der Waals surface area contributed by atoms with Crippen LogP contribution in [0.4, 0.5) is 0 Å². The fourth-order valence-corrected chi connectivity index (χ4v) is 1.49. The van der Waals surface area contributed by atoms with Gasteiger partial charge in [0.05, 0.1) is 0 Å². The lowest BCUT2D eigenvalue weighted by Gasteiger charge is -2.14. The first-order valence-electron chi connectivity index (χ1n) is 7.43. The first-order valence-corrected chi connectivity index (χ1v) is 4.93. The van der Waals surface area contributed by atoms with E-state index in [2.05, 4.69) is 0 Å². The summed E-state index contributed by atoms with van der Waals surface area (Å²) in [4.78, 5) is 23.1. The van der Waals surface area contributed by atoms with Crippen molar-refractivity contribution in [3.8, 4) is 0 Å². The molecular weight excluding hydrogens is 192 g/mol. The van der Waals surface area contributed by atoms with Crippen molar-refractivity contribution in [2.24, 2.45) is 11.8 Å². The van der Waals surface area contributed by atoms with Crippen molar-refractivity contribution >= 4 is 11.8 Å². The second-order valence-electron chi connectivity index (χ2n) is 3.32. The Kier molecular flexibility index (Phi) is 2.45. The van der Waals surface area contributed by atoms with Gasteiger partial charge in [-0.1, -0.05) is 19.1 Å². The number of carboxylic acids is 1. The first kappa shape index (κ1) is 6.46. The van der Waals surface area contributed by atoms with Crippen LogP contribution < -0.4 is 0 Å². The molecule has 15 heavy (non-hydrogen) atoms. The number of hydrogen-bond donors (Lipinski definition) is 1. The van der Waals surface area contributed by atoms with Gasteiger partial charge in [0.1, 0.15) is 5.78 Å². The third-order valence-corrected chi connectivity index (χ3v) is 2.22. The van der Waals surface area contributed by atoms with Gasteiger partial charge in [-0.2, -0.15) is 0 Å². The maximum atomic E-state index is 12.1. The van der Waals surface area contributed by atoms with Gasteiger partial charge in [-0.25, -0.2) is 0 Å². The van der Waals surface area contributed by atoms with Gasteiger partial charge < -0.3 is 5.11 Å². The third kappa shape index (κ3) is 3.50. The van der Waals surface area contributed by atoms with E-state index in [4.69, 9.17) is 12.0 Å². The van der Waals surface area contributed by atoms with Crippen molar-refractivity contribution in [2.45, 2.75) is 38.9 Å². The molecular formula is C12H18O3. The summed E-state index contributed by atoms with van der Waals surface area (Å²) >= 11 is 0. The lowest BCUT2D eigenvalue weighted by Crippen LogP contribution is -2.17. The molecule has 1 saturated carbocycles. The second-order valence-corrected chi connectivity index (χ2v) is 3.32. The Hall–Kier alpha value is -1.12. The van der Waals surface area contributed by atoms with Gasteiger partial charge in [-0.3, -0.25) is 9.59 Å². The predicted molar refractivity (Wildman–Crippen MR) is 57.5 cm³/mol. The molecule has 2 atom stereocenters. The second kappa shape index (κ2) is 5.69. The fraction of sp³-hybridized carbons (Fsp3) is 0.667. The van der Waals surface area contributed by atoms with Gasteiger partial charge in [0, 0.05) is 25.5 Å². The molecule has 1 aliphatic carbocycles. The van der Waals surface area contributed by atoms with E-state index in [0.29, 0.717) is 6.42 Å². The van der Waals surface area contributed by atoms with Crippen LogP contribution in [0.15, 0.2) is 12.2 Å². The van der Waals surface area contributed by atoms with Gasteiger partial charge in [0.2, 0.25) is 0 Å². The Labute approximate surface area is 97.2 Å². The number of carbonyl (C=O) groups excluding carboxylic acids is 1. The van der Waals surface area contributed by atoms with E-state index in [-0.39, 0.29) is 6.42 Å². The number of allylic oxidation sites excluding steroid dienone is 2. The number of carbonyl (C=O) groups is 2. The molecule has 0 spiro atoms. The van der Waals surface area contributed by atoms with Crippen LogP contribution in [-0.4, -0.2) is 16.9 Å². The SMILES string of the molecule is [2H]C1([2H])CC(C([2H])([2H])C(=O)O)[C@@]([2H])(C/C=C\CC)C1=O. The number of carboxylic acid groups (broad SMARTS) is 1. The minimum atomic E-state index is -2.82. The predicted octanol–water partition coefficient (Wildman–Crippen LogP) is 2.41. The van der Waals surface area contributed by atoms with E-state index in [1.165, 1.54) is 6.08 Å². The van der Waals surface area contributed by atoms with Crippen molar-refractivity contribution in [1.29, 1.82) is 0 Å². The van der Waals surface area contributed by atoms with Crippen molar-refractivity contribution in [2.75, 3.05) is 0 Å². The van der Waals surface area contributed by atoms with Crippen LogP contribution in [0.3, 0.4) is 0 Å². The Bertz CT molecular complexity index is 446. The molecule has 0 bridgehead atoms.